The number of ether oxygens (including phenoxy) is 1. The number of hydrogen-bond acceptors (Lipinski definition) is 3. The molecule has 0 bridgehead atoms. The van der Waals surface area contributed by atoms with E-state index in [1.54, 1.807) is 4.90 Å². The Hall–Kier alpha value is -2.62. The van der Waals surface area contributed by atoms with E-state index < -0.39 is 0 Å². The fraction of sp³-hybridized carbons (Fsp3) is 0.364. The van der Waals surface area contributed by atoms with E-state index >= 15 is 0 Å². The average molecular weight is 353 g/mol. The van der Waals surface area contributed by atoms with Gasteiger partial charge < -0.3 is 9.64 Å². The van der Waals surface area contributed by atoms with E-state index in [1.807, 2.05) is 43.3 Å². The van der Waals surface area contributed by atoms with Crippen LogP contribution in [0.25, 0.3) is 0 Å². The Labute approximate surface area is 155 Å². The van der Waals surface area contributed by atoms with Crippen molar-refractivity contribution < 1.29 is 14.3 Å². The van der Waals surface area contributed by atoms with Crippen LogP contribution in [-0.2, 0) is 14.3 Å². The first kappa shape index (κ1) is 19.7. The van der Waals surface area contributed by atoms with Gasteiger partial charge in [-0.15, -0.1) is 0 Å². The van der Waals surface area contributed by atoms with E-state index in [2.05, 4.69) is 24.3 Å². The molecule has 2 aromatic rings. The van der Waals surface area contributed by atoms with E-state index in [9.17, 15) is 9.59 Å². The maximum atomic E-state index is 13.0. The standard InChI is InChI=1S/C22H27NO3/c1-3-15-23(16-14-22(25)26-2)21(24)17-20(18-10-6-4-7-11-18)19-12-8-5-9-13-19/h4-13,20H,3,14-17H2,1-2H3. The molecule has 0 aliphatic rings. The van der Waals surface area contributed by atoms with Gasteiger partial charge in [0.2, 0.25) is 5.91 Å². The van der Waals surface area contributed by atoms with Crippen LogP contribution in [0.1, 0.15) is 43.2 Å². The highest BCUT2D eigenvalue weighted by atomic mass is 16.5. The Morgan fingerprint density at radius 2 is 1.46 bits per heavy atom. The number of nitrogens with zero attached hydrogens (tertiary/aromatic N) is 1. The van der Waals surface area contributed by atoms with Crippen LogP contribution in [0.5, 0.6) is 0 Å². The van der Waals surface area contributed by atoms with Crippen LogP contribution < -0.4 is 0 Å². The van der Waals surface area contributed by atoms with Crippen molar-refractivity contribution >= 4 is 11.9 Å². The lowest BCUT2D eigenvalue weighted by atomic mass is 9.88. The predicted octanol–water partition coefficient (Wildman–Crippen LogP) is 4.01. The van der Waals surface area contributed by atoms with Crippen LogP contribution >= 0.6 is 0 Å². The lowest BCUT2D eigenvalue weighted by Crippen LogP contribution is -2.34. The molecule has 138 valence electrons. The SMILES string of the molecule is CCCN(CCC(=O)OC)C(=O)CC(c1ccccc1)c1ccccc1. The van der Waals surface area contributed by atoms with Crippen molar-refractivity contribution in [2.24, 2.45) is 0 Å². The molecule has 0 N–H and O–H groups in total. The third-order valence-corrected chi connectivity index (χ3v) is 4.44. The molecule has 0 radical (unpaired) electrons. The normalized spacial score (nSPS) is 10.6. The summed E-state index contributed by atoms with van der Waals surface area (Å²) < 4.78 is 4.70. The van der Waals surface area contributed by atoms with Gasteiger partial charge in [-0.1, -0.05) is 67.6 Å². The first-order valence-electron chi connectivity index (χ1n) is 9.10. The zero-order chi connectivity index (χ0) is 18.8. The van der Waals surface area contributed by atoms with Gasteiger partial charge in [-0.25, -0.2) is 0 Å². The summed E-state index contributed by atoms with van der Waals surface area (Å²) in [6, 6.07) is 20.2. The van der Waals surface area contributed by atoms with Gasteiger partial charge in [-0.05, 0) is 17.5 Å². The summed E-state index contributed by atoms with van der Waals surface area (Å²) in [6.07, 6.45) is 1.47. The number of esters is 1. The Bertz CT molecular complexity index is 646. The largest absolute Gasteiger partial charge is 0.469 e. The lowest BCUT2D eigenvalue weighted by Gasteiger charge is -2.25. The second-order valence-corrected chi connectivity index (χ2v) is 6.28. The van der Waals surface area contributed by atoms with Crippen molar-refractivity contribution in [2.45, 2.75) is 32.1 Å². The molecule has 0 fully saturated rings. The zero-order valence-electron chi connectivity index (χ0n) is 15.6. The average Bonchev–Trinajstić information content (AvgIpc) is 2.70. The van der Waals surface area contributed by atoms with E-state index in [0.29, 0.717) is 19.5 Å². The van der Waals surface area contributed by atoms with Crippen LogP contribution in [-0.4, -0.2) is 37.0 Å². The molecule has 26 heavy (non-hydrogen) atoms. The fourth-order valence-corrected chi connectivity index (χ4v) is 3.06. The molecule has 0 aliphatic carbocycles. The van der Waals surface area contributed by atoms with Crippen molar-refractivity contribution in [1.29, 1.82) is 0 Å². The molecule has 0 heterocycles. The topological polar surface area (TPSA) is 46.6 Å². The van der Waals surface area contributed by atoms with Crippen LogP contribution in [0.4, 0.5) is 0 Å². The Kier molecular flexibility index (Phi) is 7.87. The van der Waals surface area contributed by atoms with Gasteiger partial charge in [0.05, 0.1) is 13.5 Å². The first-order chi connectivity index (χ1) is 12.7. The number of benzene rings is 2. The number of carbonyl (C=O) groups excluding carboxylic acids is 2. The van der Waals surface area contributed by atoms with Gasteiger partial charge in [0, 0.05) is 25.4 Å². The minimum Gasteiger partial charge on any atom is -0.469 e. The van der Waals surface area contributed by atoms with Crippen molar-refractivity contribution in [3.63, 3.8) is 0 Å². The highest BCUT2D eigenvalue weighted by Crippen LogP contribution is 2.28. The Morgan fingerprint density at radius 3 is 1.92 bits per heavy atom. The van der Waals surface area contributed by atoms with Crippen LogP contribution in [0.15, 0.2) is 60.7 Å². The smallest absolute Gasteiger partial charge is 0.307 e. The Morgan fingerprint density at radius 1 is 0.923 bits per heavy atom. The summed E-state index contributed by atoms with van der Waals surface area (Å²) in [5, 5.41) is 0. The number of hydrogen-bond donors (Lipinski definition) is 0. The van der Waals surface area contributed by atoms with Crippen molar-refractivity contribution in [3.05, 3.63) is 71.8 Å². The van der Waals surface area contributed by atoms with Gasteiger partial charge in [0.1, 0.15) is 0 Å². The molecule has 4 nitrogen and oxygen atoms in total. The number of carbonyl (C=O) groups is 2. The number of methoxy groups -OCH3 is 1. The molecule has 0 spiro atoms. The maximum absolute atomic E-state index is 13.0. The molecular formula is C22H27NO3. The monoisotopic (exact) mass is 353 g/mol. The summed E-state index contributed by atoms with van der Waals surface area (Å²) >= 11 is 0. The summed E-state index contributed by atoms with van der Waals surface area (Å²) in [6.45, 7) is 3.08. The molecule has 0 aliphatic heterocycles. The molecule has 0 saturated heterocycles. The van der Waals surface area contributed by atoms with Gasteiger partial charge in [0.15, 0.2) is 0 Å². The maximum Gasteiger partial charge on any atom is 0.307 e. The molecular weight excluding hydrogens is 326 g/mol. The van der Waals surface area contributed by atoms with E-state index in [1.165, 1.54) is 7.11 Å². The van der Waals surface area contributed by atoms with Gasteiger partial charge in [-0.2, -0.15) is 0 Å². The van der Waals surface area contributed by atoms with Crippen molar-refractivity contribution in [3.8, 4) is 0 Å². The molecule has 0 saturated carbocycles. The zero-order valence-corrected chi connectivity index (χ0v) is 15.6. The second kappa shape index (κ2) is 10.4. The van der Waals surface area contributed by atoms with Gasteiger partial charge in [0.25, 0.3) is 0 Å². The summed E-state index contributed by atoms with van der Waals surface area (Å²) in [5.74, 6) is -0.225. The fourth-order valence-electron chi connectivity index (χ4n) is 3.06. The van der Waals surface area contributed by atoms with E-state index in [-0.39, 0.29) is 24.2 Å². The highest BCUT2D eigenvalue weighted by molar-refractivity contribution is 5.78. The molecule has 2 aromatic carbocycles. The highest BCUT2D eigenvalue weighted by Gasteiger charge is 2.22. The van der Waals surface area contributed by atoms with E-state index in [4.69, 9.17) is 4.74 Å². The van der Waals surface area contributed by atoms with Gasteiger partial charge in [-0.3, -0.25) is 9.59 Å². The molecule has 0 aromatic heterocycles. The summed E-state index contributed by atoms with van der Waals surface area (Å²) in [4.78, 5) is 26.2. The lowest BCUT2D eigenvalue weighted by molar-refractivity contribution is -0.141. The third-order valence-electron chi connectivity index (χ3n) is 4.44. The van der Waals surface area contributed by atoms with E-state index in [0.717, 1.165) is 17.5 Å². The molecule has 1 amide bonds. The quantitative estimate of drug-likeness (QED) is 0.640. The van der Waals surface area contributed by atoms with Crippen LogP contribution in [0.2, 0.25) is 0 Å². The van der Waals surface area contributed by atoms with Crippen molar-refractivity contribution in [1.82, 2.24) is 4.90 Å². The van der Waals surface area contributed by atoms with Crippen LogP contribution in [0, 0.1) is 0 Å². The van der Waals surface area contributed by atoms with Crippen molar-refractivity contribution in [2.75, 3.05) is 20.2 Å². The van der Waals surface area contributed by atoms with Gasteiger partial charge >= 0.3 is 5.97 Å². The second-order valence-electron chi connectivity index (χ2n) is 6.28. The third kappa shape index (κ3) is 5.73. The Balaban J connectivity index is 2.17. The molecule has 2 rings (SSSR count). The predicted molar refractivity (Wildman–Crippen MR) is 103 cm³/mol. The minimum atomic E-state index is -0.290. The summed E-state index contributed by atoms with van der Waals surface area (Å²) in [5.41, 5.74) is 2.24. The minimum absolute atomic E-state index is 0.00221. The first-order valence-corrected chi connectivity index (χ1v) is 9.10. The number of rotatable bonds is 9. The number of amides is 1. The summed E-state index contributed by atoms with van der Waals surface area (Å²) in [7, 11) is 1.37. The molecule has 0 unspecified atom stereocenters. The molecule has 4 heteroatoms. The molecule has 0 atom stereocenters. The van der Waals surface area contributed by atoms with Crippen LogP contribution in [0.3, 0.4) is 0 Å².